The number of nitrogens with zero attached hydrogens (tertiary/aromatic N) is 3. The second-order valence-electron chi connectivity index (χ2n) is 12.1. The number of anilines is 1. The van der Waals surface area contributed by atoms with Gasteiger partial charge in [0.05, 0.1) is 12.1 Å². The summed E-state index contributed by atoms with van der Waals surface area (Å²) in [6.45, 7) is 2.16. The number of alkyl halides is 2. The molecule has 228 valence electrons. The smallest absolute Gasteiger partial charge is 0.280 e. The van der Waals surface area contributed by atoms with E-state index < -0.39 is 28.9 Å². The topological polar surface area (TPSA) is 123 Å². The number of piperidine rings is 1. The van der Waals surface area contributed by atoms with E-state index in [-0.39, 0.29) is 69.2 Å². The Balaban J connectivity index is 1.10. The normalized spacial score (nSPS) is 22.9. The van der Waals surface area contributed by atoms with Crippen LogP contribution in [0.3, 0.4) is 0 Å². The van der Waals surface area contributed by atoms with Crippen LogP contribution in [0.2, 0.25) is 0 Å². The second kappa shape index (κ2) is 11.7. The monoisotopic (exact) mass is 593 g/mol. The molecule has 1 saturated heterocycles. The van der Waals surface area contributed by atoms with Crippen LogP contribution < -0.4 is 21.3 Å². The molecule has 1 amide bonds. The molecule has 0 radical (unpaired) electrons. The number of likely N-dealkylation sites (tertiary alicyclic amines) is 1. The number of nitrogen functional groups attached to an aromatic ring is 1. The highest BCUT2D eigenvalue weighted by molar-refractivity contribution is 5.80. The Morgan fingerprint density at radius 3 is 2.65 bits per heavy atom. The van der Waals surface area contributed by atoms with Gasteiger partial charge in [0.1, 0.15) is 12.1 Å². The Morgan fingerprint density at radius 2 is 1.88 bits per heavy atom. The van der Waals surface area contributed by atoms with Gasteiger partial charge < -0.3 is 25.8 Å². The van der Waals surface area contributed by atoms with E-state index >= 15 is 0 Å². The van der Waals surface area contributed by atoms with Crippen molar-refractivity contribution in [3.8, 4) is 11.6 Å². The third kappa shape index (κ3) is 6.28. The van der Waals surface area contributed by atoms with Crippen LogP contribution in [0, 0.1) is 5.92 Å². The van der Waals surface area contributed by atoms with E-state index in [1.165, 1.54) is 22.0 Å². The standard InChI is InChI=1S/C32H37F2N5O4/c33-32(34)10-8-25(26(17-32)21-4-2-1-3-5-21)29(40)38-14-11-31(42,12-15-38)19-39-20-37-28(27(35)30(39)41)43-24-7-6-23-18-36-13-9-22(23)16-24/h1-7,16,20,25-26,36,42H,8-15,17-19,35H2/t25-,26+/m1/s1. The molecule has 0 bridgehead atoms. The molecule has 2 aromatic carbocycles. The van der Waals surface area contributed by atoms with Crippen molar-refractivity contribution in [2.75, 3.05) is 25.4 Å². The minimum Gasteiger partial charge on any atom is -0.437 e. The van der Waals surface area contributed by atoms with E-state index in [1.807, 2.05) is 24.3 Å². The summed E-state index contributed by atoms with van der Waals surface area (Å²) >= 11 is 0. The first-order valence-corrected chi connectivity index (χ1v) is 14.9. The number of aliphatic hydroxyl groups is 1. The minimum atomic E-state index is -2.80. The summed E-state index contributed by atoms with van der Waals surface area (Å²) in [6.07, 6.45) is 2.10. The van der Waals surface area contributed by atoms with Crippen molar-refractivity contribution in [1.82, 2.24) is 19.8 Å². The molecule has 6 rings (SSSR count). The molecule has 1 aliphatic carbocycles. The van der Waals surface area contributed by atoms with Crippen LogP contribution in [-0.4, -0.2) is 56.6 Å². The summed E-state index contributed by atoms with van der Waals surface area (Å²) in [5.41, 5.74) is 7.31. The number of ether oxygens (including phenoxy) is 1. The first-order valence-electron chi connectivity index (χ1n) is 14.9. The summed E-state index contributed by atoms with van der Waals surface area (Å²) in [6, 6.07) is 14.8. The number of rotatable bonds is 6. The Kier molecular flexibility index (Phi) is 7.95. The number of fused-ring (bicyclic) bond motifs is 1. The van der Waals surface area contributed by atoms with Crippen LogP contribution >= 0.6 is 0 Å². The Morgan fingerprint density at radius 1 is 1.12 bits per heavy atom. The number of carbonyl (C=O) groups excluding carboxylic acids is 1. The number of halogens is 2. The Labute approximate surface area is 248 Å². The van der Waals surface area contributed by atoms with Crippen molar-refractivity contribution >= 4 is 11.6 Å². The van der Waals surface area contributed by atoms with Crippen LogP contribution in [0.25, 0.3) is 0 Å². The molecule has 0 unspecified atom stereocenters. The molecule has 43 heavy (non-hydrogen) atoms. The highest BCUT2D eigenvalue weighted by atomic mass is 19.3. The zero-order valence-corrected chi connectivity index (χ0v) is 24.0. The molecular weight excluding hydrogens is 556 g/mol. The van der Waals surface area contributed by atoms with Crippen molar-refractivity contribution in [1.29, 1.82) is 0 Å². The zero-order chi connectivity index (χ0) is 30.2. The molecule has 3 heterocycles. The van der Waals surface area contributed by atoms with E-state index in [9.17, 15) is 23.5 Å². The largest absolute Gasteiger partial charge is 0.437 e. The first-order chi connectivity index (χ1) is 20.6. The maximum Gasteiger partial charge on any atom is 0.280 e. The van der Waals surface area contributed by atoms with Crippen LogP contribution in [0.5, 0.6) is 11.6 Å². The molecule has 1 saturated carbocycles. The van der Waals surface area contributed by atoms with Gasteiger partial charge in [-0.2, -0.15) is 0 Å². The van der Waals surface area contributed by atoms with Crippen LogP contribution in [-0.2, 0) is 24.3 Å². The van der Waals surface area contributed by atoms with Gasteiger partial charge in [0, 0.05) is 44.3 Å². The molecule has 3 aliphatic rings. The maximum atomic E-state index is 14.4. The minimum absolute atomic E-state index is 0.00794. The van der Waals surface area contributed by atoms with Crippen molar-refractivity contribution in [3.05, 3.63) is 81.9 Å². The summed E-state index contributed by atoms with van der Waals surface area (Å²) < 4.78 is 35.9. The number of benzene rings is 2. The summed E-state index contributed by atoms with van der Waals surface area (Å²) in [7, 11) is 0. The fourth-order valence-electron chi connectivity index (χ4n) is 6.65. The lowest BCUT2D eigenvalue weighted by Crippen LogP contribution is -2.52. The molecule has 11 heteroatoms. The molecular formula is C32H37F2N5O4. The molecule has 2 fully saturated rings. The van der Waals surface area contributed by atoms with Crippen molar-refractivity contribution in [3.63, 3.8) is 0 Å². The third-order valence-corrected chi connectivity index (χ3v) is 9.16. The van der Waals surface area contributed by atoms with Gasteiger partial charge in [-0.3, -0.25) is 14.2 Å². The number of nitrogens with two attached hydrogens (primary N) is 1. The third-order valence-electron chi connectivity index (χ3n) is 9.16. The molecule has 3 aromatic rings. The van der Waals surface area contributed by atoms with Gasteiger partial charge in [-0.1, -0.05) is 36.4 Å². The molecule has 4 N–H and O–H groups in total. The molecule has 0 spiro atoms. The van der Waals surface area contributed by atoms with Crippen molar-refractivity contribution < 1.29 is 23.4 Å². The predicted molar refractivity (Wildman–Crippen MR) is 157 cm³/mol. The number of hydrogen-bond acceptors (Lipinski definition) is 7. The Bertz CT molecular complexity index is 1540. The van der Waals surface area contributed by atoms with E-state index in [1.54, 1.807) is 29.2 Å². The SMILES string of the molecule is Nc1c(Oc2ccc3c(c2)CCNC3)ncn(CC2(O)CCN(C(=O)[C@@H]3CCC(F)(F)C[C@H]3c3ccccc3)CC2)c1=O. The number of carbonyl (C=O) groups is 1. The fourth-order valence-corrected chi connectivity index (χ4v) is 6.65. The van der Waals surface area contributed by atoms with Gasteiger partial charge in [0.25, 0.3) is 5.56 Å². The molecule has 1 aromatic heterocycles. The van der Waals surface area contributed by atoms with E-state index in [4.69, 9.17) is 10.5 Å². The van der Waals surface area contributed by atoms with Crippen molar-refractivity contribution in [2.24, 2.45) is 5.92 Å². The summed E-state index contributed by atoms with van der Waals surface area (Å²) in [5.74, 6) is -3.52. The molecule has 9 nitrogen and oxygen atoms in total. The lowest BCUT2D eigenvalue weighted by Gasteiger charge is -2.42. The zero-order valence-electron chi connectivity index (χ0n) is 24.0. The summed E-state index contributed by atoms with van der Waals surface area (Å²) in [5, 5.41) is 14.7. The van der Waals surface area contributed by atoms with Gasteiger partial charge in [0.2, 0.25) is 17.7 Å². The number of nitrogens with one attached hydrogen (secondary N) is 1. The maximum absolute atomic E-state index is 14.4. The van der Waals surface area contributed by atoms with Gasteiger partial charge >= 0.3 is 0 Å². The van der Waals surface area contributed by atoms with Gasteiger partial charge in [-0.15, -0.1) is 0 Å². The van der Waals surface area contributed by atoms with E-state index in [0.717, 1.165) is 25.1 Å². The predicted octanol–water partition coefficient (Wildman–Crippen LogP) is 3.84. The lowest BCUT2D eigenvalue weighted by atomic mass is 9.73. The van der Waals surface area contributed by atoms with Crippen molar-refractivity contribution in [2.45, 2.75) is 69.1 Å². The lowest BCUT2D eigenvalue weighted by molar-refractivity contribution is -0.145. The van der Waals surface area contributed by atoms with E-state index in [0.29, 0.717) is 5.75 Å². The quantitative estimate of drug-likeness (QED) is 0.397. The first kappa shape index (κ1) is 29.3. The molecule has 2 aliphatic heterocycles. The van der Waals surface area contributed by atoms with Crippen LogP contribution in [0.1, 0.15) is 54.7 Å². The van der Waals surface area contributed by atoms with Crippen LogP contribution in [0.4, 0.5) is 14.5 Å². The van der Waals surface area contributed by atoms with Gasteiger partial charge in [-0.05, 0) is 61.1 Å². The van der Waals surface area contributed by atoms with Gasteiger partial charge in [0.15, 0.2) is 5.69 Å². The average Bonchev–Trinajstić information content (AvgIpc) is 3.01. The Hall–Kier alpha value is -3.83. The second-order valence-corrected chi connectivity index (χ2v) is 12.1. The fraction of sp³-hybridized carbons (Fsp3) is 0.469. The number of aromatic nitrogens is 2. The molecule has 2 atom stereocenters. The highest BCUT2D eigenvalue weighted by Crippen LogP contribution is 2.46. The highest BCUT2D eigenvalue weighted by Gasteiger charge is 2.46. The van der Waals surface area contributed by atoms with E-state index in [2.05, 4.69) is 10.3 Å². The average molecular weight is 594 g/mol. The summed E-state index contributed by atoms with van der Waals surface area (Å²) in [4.78, 5) is 32.6. The number of amides is 1. The van der Waals surface area contributed by atoms with Crippen LogP contribution in [0.15, 0.2) is 59.7 Å². The van der Waals surface area contributed by atoms with Gasteiger partial charge in [-0.25, -0.2) is 13.8 Å². The number of hydrogen-bond donors (Lipinski definition) is 3.